The van der Waals surface area contributed by atoms with Crippen molar-refractivity contribution in [3.05, 3.63) is 59.1 Å². The molecule has 20 heavy (non-hydrogen) atoms. The smallest absolute Gasteiger partial charge is 0.128 e. The van der Waals surface area contributed by atoms with E-state index in [-0.39, 0.29) is 0 Å². The van der Waals surface area contributed by atoms with Gasteiger partial charge >= 0.3 is 0 Å². The third kappa shape index (κ3) is 2.23. The Labute approximate surface area is 123 Å². The molecule has 0 aliphatic heterocycles. The van der Waals surface area contributed by atoms with Crippen molar-refractivity contribution in [3.63, 3.8) is 0 Å². The maximum Gasteiger partial charge on any atom is 0.128 e. The zero-order valence-corrected chi connectivity index (χ0v) is 12.1. The van der Waals surface area contributed by atoms with Crippen LogP contribution in [0.5, 0.6) is 5.75 Å². The van der Waals surface area contributed by atoms with Crippen LogP contribution < -0.4 is 4.74 Å². The Morgan fingerprint density at radius 2 is 1.85 bits per heavy atom. The molecule has 0 aliphatic carbocycles. The van der Waals surface area contributed by atoms with Crippen molar-refractivity contribution in [3.8, 4) is 17.0 Å². The number of hydrogen-bond acceptors (Lipinski definition) is 2. The van der Waals surface area contributed by atoms with Crippen LogP contribution in [-0.2, 0) is 0 Å². The van der Waals surface area contributed by atoms with E-state index in [1.807, 2.05) is 42.5 Å². The first kappa shape index (κ1) is 12.9. The average Bonchev–Trinajstić information content (AvgIpc) is 2.46. The molecule has 3 rings (SSSR count). The number of ether oxygens (including phenoxy) is 1. The van der Waals surface area contributed by atoms with E-state index in [1.54, 1.807) is 7.11 Å². The first-order valence-electron chi connectivity index (χ1n) is 6.39. The summed E-state index contributed by atoms with van der Waals surface area (Å²) in [5.41, 5.74) is 3.98. The summed E-state index contributed by atoms with van der Waals surface area (Å²) in [6.45, 7) is 2.05. The van der Waals surface area contributed by atoms with E-state index < -0.39 is 0 Å². The fourth-order valence-corrected chi connectivity index (χ4v) is 2.55. The zero-order valence-electron chi connectivity index (χ0n) is 11.4. The van der Waals surface area contributed by atoms with Gasteiger partial charge in [-0.15, -0.1) is 0 Å². The van der Waals surface area contributed by atoms with Gasteiger partial charge in [-0.05, 0) is 48.9 Å². The molecule has 2 aromatic carbocycles. The molecule has 0 atom stereocenters. The number of pyridine rings is 1. The lowest BCUT2D eigenvalue weighted by molar-refractivity contribution is 0.416. The third-order valence-electron chi connectivity index (χ3n) is 3.33. The van der Waals surface area contributed by atoms with Crippen LogP contribution >= 0.6 is 11.6 Å². The van der Waals surface area contributed by atoms with Gasteiger partial charge in [0.15, 0.2) is 0 Å². The number of rotatable bonds is 2. The van der Waals surface area contributed by atoms with Crippen LogP contribution in [0.2, 0.25) is 5.02 Å². The highest BCUT2D eigenvalue weighted by Gasteiger charge is 2.10. The molecule has 3 heteroatoms. The Morgan fingerprint density at radius 1 is 1.05 bits per heavy atom. The first-order valence-corrected chi connectivity index (χ1v) is 6.77. The van der Waals surface area contributed by atoms with Crippen molar-refractivity contribution in [2.75, 3.05) is 7.11 Å². The molecule has 1 aromatic heterocycles. The summed E-state index contributed by atoms with van der Waals surface area (Å²) in [6.07, 6.45) is 0. The Bertz CT molecular complexity index is 783. The minimum Gasteiger partial charge on any atom is -0.496 e. The summed E-state index contributed by atoms with van der Waals surface area (Å²) in [6, 6.07) is 15.8. The Hall–Kier alpha value is -2.06. The van der Waals surface area contributed by atoms with E-state index in [4.69, 9.17) is 21.3 Å². The molecule has 0 saturated heterocycles. The van der Waals surface area contributed by atoms with Crippen LogP contribution in [0.1, 0.15) is 5.56 Å². The van der Waals surface area contributed by atoms with Gasteiger partial charge in [0.05, 0.1) is 18.3 Å². The lowest BCUT2D eigenvalue weighted by Crippen LogP contribution is -1.93. The van der Waals surface area contributed by atoms with Crippen molar-refractivity contribution in [2.24, 2.45) is 0 Å². The highest BCUT2D eigenvalue weighted by atomic mass is 35.5. The Kier molecular flexibility index (Phi) is 3.33. The van der Waals surface area contributed by atoms with Gasteiger partial charge in [-0.25, -0.2) is 4.98 Å². The number of methoxy groups -OCH3 is 1. The number of nitrogens with zero attached hydrogens (tertiary/aromatic N) is 1. The van der Waals surface area contributed by atoms with Crippen LogP contribution in [0, 0.1) is 6.92 Å². The number of aromatic nitrogens is 1. The summed E-state index contributed by atoms with van der Waals surface area (Å²) >= 11 is 6.03. The summed E-state index contributed by atoms with van der Waals surface area (Å²) in [5.74, 6) is 0.830. The topological polar surface area (TPSA) is 22.1 Å². The molecule has 0 bridgehead atoms. The molecule has 0 radical (unpaired) electrons. The second kappa shape index (κ2) is 5.14. The zero-order chi connectivity index (χ0) is 14.1. The van der Waals surface area contributed by atoms with Crippen LogP contribution in [0.15, 0.2) is 48.5 Å². The predicted molar refractivity (Wildman–Crippen MR) is 83.5 cm³/mol. The standard InChI is InChI=1S/C17H14ClNO/c1-11-9-12-10-13(18)7-8-15(12)19-17(11)14-5-3-4-6-16(14)20-2/h3-10H,1-2H3. The van der Waals surface area contributed by atoms with Crippen LogP contribution in [0.3, 0.4) is 0 Å². The molecule has 0 fully saturated rings. The number of benzene rings is 2. The molecule has 1 heterocycles. The van der Waals surface area contributed by atoms with Crippen LogP contribution in [-0.4, -0.2) is 12.1 Å². The largest absolute Gasteiger partial charge is 0.496 e. The second-order valence-electron chi connectivity index (χ2n) is 4.69. The van der Waals surface area contributed by atoms with E-state index in [0.29, 0.717) is 0 Å². The number of hydrogen-bond donors (Lipinski definition) is 0. The van der Waals surface area contributed by atoms with E-state index in [2.05, 4.69) is 13.0 Å². The van der Waals surface area contributed by atoms with Gasteiger partial charge < -0.3 is 4.74 Å². The van der Waals surface area contributed by atoms with E-state index in [9.17, 15) is 0 Å². The Balaban J connectivity index is 2.26. The van der Waals surface area contributed by atoms with Crippen LogP contribution in [0.25, 0.3) is 22.2 Å². The van der Waals surface area contributed by atoms with E-state index >= 15 is 0 Å². The minimum absolute atomic E-state index is 0.726. The lowest BCUT2D eigenvalue weighted by Gasteiger charge is -2.11. The number of fused-ring (bicyclic) bond motifs is 1. The summed E-state index contributed by atoms with van der Waals surface area (Å²) < 4.78 is 5.42. The van der Waals surface area contributed by atoms with Gasteiger partial charge in [0.25, 0.3) is 0 Å². The summed E-state index contributed by atoms with van der Waals surface area (Å²) in [7, 11) is 1.68. The summed E-state index contributed by atoms with van der Waals surface area (Å²) in [4.78, 5) is 4.76. The number of halogens is 1. The van der Waals surface area contributed by atoms with Gasteiger partial charge in [-0.1, -0.05) is 23.7 Å². The molecule has 0 saturated carbocycles. The minimum atomic E-state index is 0.726. The van der Waals surface area contributed by atoms with Gasteiger partial charge in [0.2, 0.25) is 0 Å². The van der Waals surface area contributed by atoms with Crippen molar-refractivity contribution < 1.29 is 4.74 Å². The lowest BCUT2D eigenvalue weighted by atomic mass is 10.0. The normalized spacial score (nSPS) is 10.8. The molecule has 3 aromatic rings. The molecule has 0 N–H and O–H groups in total. The molecule has 0 aliphatic rings. The monoisotopic (exact) mass is 283 g/mol. The molecule has 2 nitrogen and oxygen atoms in total. The molecule has 0 unspecified atom stereocenters. The SMILES string of the molecule is COc1ccccc1-c1nc2ccc(Cl)cc2cc1C. The van der Waals surface area contributed by atoms with Crippen molar-refractivity contribution in [1.82, 2.24) is 4.98 Å². The quantitative estimate of drug-likeness (QED) is 0.669. The summed E-state index contributed by atoms with van der Waals surface area (Å²) in [5, 5.41) is 1.78. The fourth-order valence-electron chi connectivity index (χ4n) is 2.37. The second-order valence-corrected chi connectivity index (χ2v) is 5.13. The highest BCUT2D eigenvalue weighted by Crippen LogP contribution is 2.32. The van der Waals surface area contributed by atoms with Gasteiger partial charge in [0.1, 0.15) is 5.75 Å². The third-order valence-corrected chi connectivity index (χ3v) is 3.56. The van der Waals surface area contributed by atoms with Crippen molar-refractivity contribution in [1.29, 1.82) is 0 Å². The molecular weight excluding hydrogens is 270 g/mol. The number of aryl methyl sites for hydroxylation is 1. The molecule has 0 amide bonds. The maximum atomic E-state index is 6.03. The fraction of sp³-hybridized carbons (Fsp3) is 0.118. The maximum absolute atomic E-state index is 6.03. The average molecular weight is 284 g/mol. The first-order chi connectivity index (χ1) is 9.69. The van der Waals surface area contributed by atoms with Gasteiger partial charge in [-0.3, -0.25) is 0 Å². The van der Waals surface area contributed by atoms with Crippen molar-refractivity contribution >= 4 is 22.5 Å². The van der Waals surface area contributed by atoms with Crippen molar-refractivity contribution in [2.45, 2.75) is 6.92 Å². The van der Waals surface area contributed by atoms with E-state index in [0.717, 1.165) is 38.5 Å². The molecule has 100 valence electrons. The Morgan fingerprint density at radius 3 is 2.65 bits per heavy atom. The number of para-hydroxylation sites is 1. The predicted octanol–water partition coefficient (Wildman–Crippen LogP) is 4.87. The highest BCUT2D eigenvalue weighted by molar-refractivity contribution is 6.31. The van der Waals surface area contributed by atoms with Gasteiger partial charge in [0, 0.05) is 16.0 Å². The molecule has 0 spiro atoms. The van der Waals surface area contributed by atoms with Crippen LogP contribution in [0.4, 0.5) is 0 Å². The van der Waals surface area contributed by atoms with E-state index in [1.165, 1.54) is 0 Å². The molecular formula is C17H14ClNO. The van der Waals surface area contributed by atoms with Gasteiger partial charge in [-0.2, -0.15) is 0 Å².